The van der Waals surface area contributed by atoms with Gasteiger partial charge in [-0.05, 0) is 24.1 Å². The van der Waals surface area contributed by atoms with Gasteiger partial charge < -0.3 is 0 Å². The minimum atomic E-state index is -0.314. The predicted molar refractivity (Wildman–Crippen MR) is 61.4 cm³/mol. The van der Waals surface area contributed by atoms with Crippen molar-refractivity contribution in [3.05, 3.63) is 33.8 Å². The molecule has 0 aromatic heterocycles. The molecule has 1 saturated heterocycles. The fourth-order valence-electron chi connectivity index (χ4n) is 1.72. The fourth-order valence-corrected chi connectivity index (χ4v) is 2.21. The van der Waals surface area contributed by atoms with Crippen molar-refractivity contribution in [3.8, 4) is 0 Å². The Bertz CT molecular complexity index is 459. The number of nitrogens with one attached hydrogen (secondary N) is 1. The Balaban J connectivity index is 2.15. The molecule has 1 aliphatic rings. The number of rotatable bonds is 2. The van der Waals surface area contributed by atoms with Gasteiger partial charge >= 0.3 is 0 Å². The van der Waals surface area contributed by atoms with Crippen molar-refractivity contribution in [2.75, 3.05) is 0 Å². The van der Waals surface area contributed by atoms with Crippen LogP contribution in [0.4, 0.5) is 0 Å². The van der Waals surface area contributed by atoms with Gasteiger partial charge in [0.05, 0.1) is 5.92 Å². The van der Waals surface area contributed by atoms with Crippen LogP contribution in [0.3, 0.4) is 0 Å². The van der Waals surface area contributed by atoms with Gasteiger partial charge in [-0.3, -0.25) is 14.9 Å². The Morgan fingerprint density at radius 3 is 2.62 bits per heavy atom. The van der Waals surface area contributed by atoms with E-state index in [1.807, 2.05) is 0 Å². The Hall–Kier alpha value is -1.06. The Labute approximate surface area is 103 Å². The summed E-state index contributed by atoms with van der Waals surface area (Å²) in [7, 11) is 0. The number of carbonyl (C=O) groups is 2. The molecule has 3 nitrogen and oxygen atoms in total. The minimum absolute atomic E-state index is 0.222. The molecule has 2 amide bonds. The summed E-state index contributed by atoms with van der Waals surface area (Å²) in [6, 6.07) is 5.13. The Kier molecular flexibility index (Phi) is 3.17. The Morgan fingerprint density at radius 1 is 1.31 bits per heavy atom. The maximum Gasteiger partial charge on any atom is 0.230 e. The first-order chi connectivity index (χ1) is 7.56. The number of benzene rings is 1. The van der Waals surface area contributed by atoms with E-state index in [-0.39, 0.29) is 24.2 Å². The van der Waals surface area contributed by atoms with Crippen molar-refractivity contribution in [2.24, 2.45) is 5.92 Å². The minimum Gasteiger partial charge on any atom is -0.296 e. The second-order valence-electron chi connectivity index (χ2n) is 3.75. The van der Waals surface area contributed by atoms with Crippen LogP contribution < -0.4 is 5.32 Å². The van der Waals surface area contributed by atoms with Crippen LogP contribution in [0, 0.1) is 5.92 Å². The van der Waals surface area contributed by atoms with Crippen LogP contribution in [-0.4, -0.2) is 11.8 Å². The zero-order valence-corrected chi connectivity index (χ0v) is 9.81. The van der Waals surface area contributed by atoms with Crippen LogP contribution in [0.1, 0.15) is 12.0 Å². The number of imide groups is 1. The summed E-state index contributed by atoms with van der Waals surface area (Å²) >= 11 is 11.8. The summed E-state index contributed by atoms with van der Waals surface area (Å²) in [5.74, 6) is -0.762. The molecule has 1 unspecified atom stereocenters. The van der Waals surface area contributed by atoms with Gasteiger partial charge in [-0.1, -0.05) is 29.3 Å². The smallest absolute Gasteiger partial charge is 0.230 e. The first kappa shape index (κ1) is 11.4. The van der Waals surface area contributed by atoms with Gasteiger partial charge in [-0.25, -0.2) is 0 Å². The zero-order chi connectivity index (χ0) is 11.7. The van der Waals surface area contributed by atoms with E-state index in [1.54, 1.807) is 18.2 Å². The molecule has 0 aliphatic carbocycles. The van der Waals surface area contributed by atoms with Crippen LogP contribution in [0.25, 0.3) is 0 Å². The van der Waals surface area contributed by atoms with Crippen molar-refractivity contribution in [2.45, 2.75) is 12.8 Å². The predicted octanol–water partition coefficient (Wildman–Crippen LogP) is 2.20. The third kappa shape index (κ3) is 2.36. The molecule has 1 N–H and O–H groups in total. The van der Waals surface area contributed by atoms with Crippen LogP contribution in [-0.2, 0) is 16.0 Å². The average molecular weight is 258 g/mol. The van der Waals surface area contributed by atoms with Crippen molar-refractivity contribution in [3.63, 3.8) is 0 Å². The third-order valence-corrected chi connectivity index (χ3v) is 3.13. The molecule has 1 atom stereocenters. The van der Waals surface area contributed by atoms with Crippen LogP contribution in [0.2, 0.25) is 10.0 Å². The van der Waals surface area contributed by atoms with E-state index in [1.165, 1.54) is 0 Å². The molecule has 0 bridgehead atoms. The third-order valence-electron chi connectivity index (χ3n) is 2.55. The SMILES string of the molecule is O=C1CC(Cc2ccc(Cl)cc2Cl)C(=O)N1. The molecular formula is C11H9Cl2NO2. The summed E-state index contributed by atoms with van der Waals surface area (Å²) in [5, 5.41) is 3.35. The molecule has 16 heavy (non-hydrogen) atoms. The van der Waals surface area contributed by atoms with Crippen molar-refractivity contribution in [1.82, 2.24) is 5.32 Å². The van der Waals surface area contributed by atoms with Gasteiger partial charge in [0.1, 0.15) is 0 Å². The quantitative estimate of drug-likeness (QED) is 0.826. The van der Waals surface area contributed by atoms with E-state index in [0.717, 1.165) is 5.56 Å². The molecule has 1 aliphatic heterocycles. The lowest BCUT2D eigenvalue weighted by Gasteiger charge is -2.07. The second-order valence-corrected chi connectivity index (χ2v) is 4.60. The molecule has 0 saturated carbocycles. The summed E-state index contributed by atoms with van der Waals surface area (Å²) in [5.41, 5.74) is 0.834. The van der Waals surface area contributed by atoms with E-state index >= 15 is 0 Å². The highest BCUT2D eigenvalue weighted by Crippen LogP contribution is 2.25. The molecule has 0 radical (unpaired) electrons. The van der Waals surface area contributed by atoms with Crippen molar-refractivity contribution >= 4 is 35.0 Å². The summed E-state index contributed by atoms with van der Waals surface area (Å²) in [6.07, 6.45) is 0.700. The van der Waals surface area contributed by atoms with E-state index in [2.05, 4.69) is 5.32 Å². The number of amides is 2. The lowest BCUT2D eigenvalue weighted by Crippen LogP contribution is -2.22. The summed E-state index contributed by atoms with van der Waals surface area (Å²) in [6.45, 7) is 0. The van der Waals surface area contributed by atoms with Crippen LogP contribution in [0.15, 0.2) is 18.2 Å². The monoisotopic (exact) mass is 257 g/mol. The number of halogens is 2. The van der Waals surface area contributed by atoms with E-state index in [9.17, 15) is 9.59 Å². The zero-order valence-electron chi connectivity index (χ0n) is 8.30. The molecule has 5 heteroatoms. The number of hydrogen-bond acceptors (Lipinski definition) is 2. The molecule has 1 aromatic carbocycles. The molecule has 1 aromatic rings. The molecule has 0 spiro atoms. The van der Waals surface area contributed by atoms with Gasteiger partial charge in [0.15, 0.2) is 0 Å². The van der Waals surface area contributed by atoms with Crippen LogP contribution >= 0.6 is 23.2 Å². The lowest BCUT2D eigenvalue weighted by molar-refractivity contribution is -0.125. The topological polar surface area (TPSA) is 46.2 Å². The van der Waals surface area contributed by atoms with E-state index < -0.39 is 0 Å². The van der Waals surface area contributed by atoms with E-state index in [0.29, 0.717) is 16.5 Å². The normalized spacial score (nSPS) is 20.0. The summed E-state index contributed by atoms with van der Waals surface area (Å²) < 4.78 is 0. The molecule has 1 heterocycles. The summed E-state index contributed by atoms with van der Waals surface area (Å²) in [4.78, 5) is 22.4. The molecular weight excluding hydrogens is 249 g/mol. The van der Waals surface area contributed by atoms with Crippen LogP contribution in [0.5, 0.6) is 0 Å². The van der Waals surface area contributed by atoms with Crippen molar-refractivity contribution < 1.29 is 9.59 Å². The highest BCUT2D eigenvalue weighted by molar-refractivity contribution is 6.35. The molecule has 84 valence electrons. The van der Waals surface area contributed by atoms with Gasteiger partial charge in [0, 0.05) is 16.5 Å². The maximum atomic E-state index is 11.4. The Morgan fingerprint density at radius 2 is 2.06 bits per heavy atom. The highest BCUT2D eigenvalue weighted by Gasteiger charge is 2.30. The average Bonchev–Trinajstić information content (AvgIpc) is 2.50. The van der Waals surface area contributed by atoms with Crippen molar-refractivity contribution in [1.29, 1.82) is 0 Å². The molecule has 1 fully saturated rings. The standard InChI is InChI=1S/C11H9Cl2NO2/c12-8-2-1-6(9(13)5-8)3-7-4-10(15)14-11(7)16/h1-2,5,7H,3-4H2,(H,14,15,16). The lowest BCUT2D eigenvalue weighted by atomic mass is 9.98. The number of hydrogen-bond donors (Lipinski definition) is 1. The fraction of sp³-hybridized carbons (Fsp3) is 0.273. The molecule has 2 rings (SSSR count). The van der Waals surface area contributed by atoms with E-state index in [4.69, 9.17) is 23.2 Å². The van der Waals surface area contributed by atoms with Gasteiger partial charge in [-0.15, -0.1) is 0 Å². The first-order valence-electron chi connectivity index (χ1n) is 4.84. The van der Waals surface area contributed by atoms with Gasteiger partial charge in [0.25, 0.3) is 0 Å². The second kappa shape index (κ2) is 4.44. The largest absolute Gasteiger partial charge is 0.296 e. The van der Waals surface area contributed by atoms with Gasteiger partial charge in [-0.2, -0.15) is 0 Å². The first-order valence-corrected chi connectivity index (χ1v) is 5.59. The number of carbonyl (C=O) groups excluding carboxylic acids is 2. The maximum absolute atomic E-state index is 11.4. The highest BCUT2D eigenvalue weighted by atomic mass is 35.5. The van der Waals surface area contributed by atoms with Gasteiger partial charge in [0.2, 0.25) is 11.8 Å².